The number of β-amino-alcohol motifs (C(OH)–C–C–N with tert-alkyl or cyclic N) is 2. The van der Waals surface area contributed by atoms with Crippen LogP contribution in [0.15, 0.2) is 18.2 Å². The molecule has 0 amide bonds. The Hall–Kier alpha value is -1.33. The zero-order valence-electron chi connectivity index (χ0n) is 8.10. The summed E-state index contributed by atoms with van der Waals surface area (Å²) in [5.41, 5.74) is 6.43. The van der Waals surface area contributed by atoms with E-state index < -0.39 is 18.0 Å². The van der Waals surface area contributed by atoms with Gasteiger partial charge in [-0.05, 0) is 18.2 Å². The van der Waals surface area contributed by atoms with Gasteiger partial charge in [0, 0.05) is 24.5 Å². The zero-order chi connectivity index (χ0) is 11.0. The Morgan fingerprint density at radius 1 is 1.20 bits per heavy atom. The molecule has 5 heteroatoms. The van der Waals surface area contributed by atoms with Gasteiger partial charge in [0.05, 0.1) is 12.2 Å². The lowest BCUT2D eigenvalue weighted by molar-refractivity contribution is 0.0572. The Morgan fingerprint density at radius 2 is 1.80 bits per heavy atom. The van der Waals surface area contributed by atoms with Gasteiger partial charge in [-0.25, -0.2) is 4.39 Å². The molecule has 1 saturated heterocycles. The molecule has 0 saturated carbocycles. The second-order valence-corrected chi connectivity index (χ2v) is 3.78. The van der Waals surface area contributed by atoms with E-state index in [1.165, 1.54) is 12.1 Å². The molecule has 82 valence electrons. The van der Waals surface area contributed by atoms with E-state index >= 15 is 0 Å². The van der Waals surface area contributed by atoms with Crippen molar-refractivity contribution >= 4 is 11.4 Å². The maximum absolute atomic E-state index is 13.0. The van der Waals surface area contributed by atoms with Crippen LogP contribution in [0, 0.1) is 5.82 Å². The molecule has 1 aromatic rings. The molecule has 0 radical (unpaired) electrons. The van der Waals surface area contributed by atoms with Crippen molar-refractivity contribution in [3.8, 4) is 0 Å². The van der Waals surface area contributed by atoms with Gasteiger partial charge in [0.15, 0.2) is 0 Å². The fourth-order valence-electron chi connectivity index (χ4n) is 1.76. The predicted molar refractivity (Wildman–Crippen MR) is 55.0 cm³/mol. The maximum Gasteiger partial charge on any atom is 0.127 e. The van der Waals surface area contributed by atoms with Crippen molar-refractivity contribution in [2.24, 2.45) is 0 Å². The molecule has 1 aromatic carbocycles. The van der Waals surface area contributed by atoms with E-state index in [4.69, 9.17) is 5.73 Å². The topological polar surface area (TPSA) is 69.7 Å². The molecule has 2 rings (SSSR count). The van der Waals surface area contributed by atoms with Crippen LogP contribution in [0.2, 0.25) is 0 Å². The zero-order valence-corrected chi connectivity index (χ0v) is 8.10. The molecule has 2 atom stereocenters. The van der Waals surface area contributed by atoms with Crippen LogP contribution in [-0.4, -0.2) is 35.5 Å². The summed E-state index contributed by atoms with van der Waals surface area (Å²) in [6, 6.07) is 4.18. The third kappa shape index (κ3) is 2.03. The Labute approximate surface area is 86.7 Å². The first-order valence-electron chi connectivity index (χ1n) is 4.73. The number of halogens is 1. The third-order valence-electron chi connectivity index (χ3n) is 2.53. The highest BCUT2D eigenvalue weighted by molar-refractivity contribution is 5.57. The van der Waals surface area contributed by atoms with Crippen molar-refractivity contribution in [2.45, 2.75) is 12.2 Å². The molecular weight excluding hydrogens is 199 g/mol. The first-order valence-corrected chi connectivity index (χ1v) is 4.73. The molecule has 1 heterocycles. The van der Waals surface area contributed by atoms with E-state index in [-0.39, 0.29) is 0 Å². The molecule has 0 aliphatic carbocycles. The predicted octanol–water partition coefficient (Wildman–Crippen LogP) is -0.0503. The van der Waals surface area contributed by atoms with Gasteiger partial charge in [-0.15, -0.1) is 0 Å². The van der Waals surface area contributed by atoms with Gasteiger partial charge in [-0.1, -0.05) is 0 Å². The third-order valence-corrected chi connectivity index (χ3v) is 2.53. The molecule has 0 aromatic heterocycles. The first kappa shape index (κ1) is 10.2. The number of nitrogen functional groups attached to an aromatic ring is 1. The van der Waals surface area contributed by atoms with E-state index in [0.717, 1.165) is 0 Å². The van der Waals surface area contributed by atoms with Crippen LogP contribution >= 0.6 is 0 Å². The van der Waals surface area contributed by atoms with E-state index in [1.54, 1.807) is 11.0 Å². The number of nitrogens with two attached hydrogens (primary N) is 1. The molecule has 15 heavy (non-hydrogen) atoms. The number of aliphatic hydroxyl groups excluding tert-OH is 2. The van der Waals surface area contributed by atoms with E-state index in [0.29, 0.717) is 24.5 Å². The maximum atomic E-state index is 13.0. The van der Waals surface area contributed by atoms with Gasteiger partial charge in [-0.3, -0.25) is 0 Å². The summed E-state index contributed by atoms with van der Waals surface area (Å²) in [6.45, 7) is 0.591. The van der Waals surface area contributed by atoms with Gasteiger partial charge >= 0.3 is 0 Å². The van der Waals surface area contributed by atoms with Crippen LogP contribution in [0.1, 0.15) is 0 Å². The Bertz CT molecular complexity index is 342. The van der Waals surface area contributed by atoms with Crippen LogP contribution in [-0.2, 0) is 0 Å². The number of anilines is 2. The second kappa shape index (κ2) is 3.67. The van der Waals surface area contributed by atoms with Gasteiger partial charge in [0.1, 0.15) is 5.82 Å². The van der Waals surface area contributed by atoms with Gasteiger partial charge < -0.3 is 20.8 Å². The van der Waals surface area contributed by atoms with Crippen LogP contribution in [0.5, 0.6) is 0 Å². The number of benzene rings is 1. The largest absolute Gasteiger partial charge is 0.399 e. The van der Waals surface area contributed by atoms with Gasteiger partial charge in [0.2, 0.25) is 0 Å². The SMILES string of the molecule is Nc1cc(F)cc(N2CC(O)C(O)C2)c1. The summed E-state index contributed by atoms with van der Waals surface area (Å²) < 4.78 is 13.0. The molecule has 1 fully saturated rings. The number of aliphatic hydroxyl groups is 2. The number of hydrogen-bond acceptors (Lipinski definition) is 4. The van der Waals surface area contributed by atoms with Crippen LogP contribution in [0.3, 0.4) is 0 Å². The molecule has 2 unspecified atom stereocenters. The van der Waals surface area contributed by atoms with Crippen molar-refractivity contribution in [1.29, 1.82) is 0 Å². The first-order chi connectivity index (χ1) is 7.06. The van der Waals surface area contributed by atoms with E-state index in [1.807, 2.05) is 0 Å². The summed E-state index contributed by atoms with van der Waals surface area (Å²) in [5.74, 6) is -0.416. The van der Waals surface area contributed by atoms with Gasteiger partial charge in [-0.2, -0.15) is 0 Å². The minimum absolute atomic E-state index is 0.296. The van der Waals surface area contributed by atoms with Crippen LogP contribution in [0.25, 0.3) is 0 Å². The minimum Gasteiger partial charge on any atom is -0.399 e. The molecular formula is C10H13FN2O2. The van der Waals surface area contributed by atoms with Crippen molar-refractivity contribution < 1.29 is 14.6 Å². The molecule has 1 aliphatic rings. The summed E-state index contributed by atoms with van der Waals surface area (Å²) in [5, 5.41) is 18.7. The molecule has 4 N–H and O–H groups in total. The Kier molecular flexibility index (Phi) is 2.50. The van der Waals surface area contributed by atoms with Crippen LogP contribution in [0.4, 0.5) is 15.8 Å². The quantitative estimate of drug-likeness (QED) is 0.571. The Morgan fingerprint density at radius 3 is 2.33 bits per heavy atom. The van der Waals surface area contributed by atoms with Crippen molar-refractivity contribution in [3.63, 3.8) is 0 Å². The lowest BCUT2D eigenvalue weighted by Gasteiger charge is -2.18. The van der Waals surface area contributed by atoms with Gasteiger partial charge in [0.25, 0.3) is 0 Å². The average Bonchev–Trinajstić information content (AvgIpc) is 2.45. The van der Waals surface area contributed by atoms with E-state index in [9.17, 15) is 14.6 Å². The number of hydrogen-bond donors (Lipinski definition) is 3. The highest BCUT2D eigenvalue weighted by Gasteiger charge is 2.29. The number of nitrogens with zero attached hydrogens (tertiary/aromatic N) is 1. The fraction of sp³-hybridized carbons (Fsp3) is 0.400. The monoisotopic (exact) mass is 212 g/mol. The molecule has 1 aliphatic heterocycles. The smallest absolute Gasteiger partial charge is 0.127 e. The standard InChI is InChI=1S/C10H13FN2O2/c11-6-1-7(12)3-8(2-6)13-4-9(14)10(15)5-13/h1-3,9-10,14-15H,4-5,12H2. The highest BCUT2D eigenvalue weighted by Crippen LogP contribution is 2.24. The summed E-state index contributed by atoms with van der Waals surface area (Å²) in [7, 11) is 0. The van der Waals surface area contributed by atoms with Crippen LogP contribution < -0.4 is 10.6 Å². The average molecular weight is 212 g/mol. The summed E-state index contributed by atoms with van der Waals surface area (Å²) >= 11 is 0. The molecule has 0 spiro atoms. The highest BCUT2D eigenvalue weighted by atomic mass is 19.1. The summed E-state index contributed by atoms with van der Waals surface area (Å²) in [6.07, 6.45) is -1.57. The second-order valence-electron chi connectivity index (χ2n) is 3.78. The lowest BCUT2D eigenvalue weighted by atomic mass is 10.2. The lowest BCUT2D eigenvalue weighted by Crippen LogP contribution is -2.22. The number of rotatable bonds is 1. The minimum atomic E-state index is -0.783. The Balaban J connectivity index is 2.23. The van der Waals surface area contributed by atoms with Crippen molar-refractivity contribution in [1.82, 2.24) is 0 Å². The van der Waals surface area contributed by atoms with E-state index in [2.05, 4.69) is 0 Å². The molecule has 0 bridgehead atoms. The fourth-order valence-corrected chi connectivity index (χ4v) is 1.76. The van der Waals surface area contributed by atoms with Crippen molar-refractivity contribution in [2.75, 3.05) is 23.7 Å². The van der Waals surface area contributed by atoms with Crippen molar-refractivity contribution in [3.05, 3.63) is 24.0 Å². The molecule has 4 nitrogen and oxygen atoms in total. The normalized spacial score (nSPS) is 25.9. The summed E-state index contributed by atoms with van der Waals surface area (Å²) in [4.78, 5) is 1.70.